The molecule has 7 nitrogen and oxygen atoms in total. The number of para-hydroxylation sites is 1. The zero-order valence-electron chi connectivity index (χ0n) is 15.6. The van der Waals surface area contributed by atoms with Gasteiger partial charge in [-0.3, -0.25) is 9.59 Å². The molecule has 1 aromatic carbocycles. The molecule has 4 unspecified atom stereocenters. The Hall–Kier alpha value is -2.44. The average molecular weight is 390 g/mol. The third-order valence-corrected chi connectivity index (χ3v) is 4.38. The van der Waals surface area contributed by atoms with E-state index in [1.807, 2.05) is 18.2 Å². The van der Waals surface area contributed by atoms with Crippen LogP contribution in [-0.2, 0) is 14.3 Å². The normalized spacial score (nSPS) is 22.4. The van der Waals surface area contributed by atoms with Crippen molar-refractivity contribution in [1.82, 2.24) is 0 Å². The number of carbonyl (C=O) groups is 2. The Labute approximate surface area is 163 Å². The third-order valence-electron chi connectivity index (χ3n) is 4.38. The summed E-state index contributed by atoms with van der Waals surface area (Å²) in [6.45, 7) is -0.0197. The van der Waals surface area contributed by atoms with Crippen LogP contribution in [0.4, 0.5) is 0 Å². The summed E-state index contributed by atoms with van der Waals surface area (Å²) in [5.41, 5.74) is 2.85. The van der Waals surface area contributed by atoms with E-state index in [-0.39, 0.29) is 31.8 Å². The molecule has 28 heavy (non-hydrogen) atoms. The number of hydrogen-bond donors (Lipinski definition) is 3. The first-order chi connectivity index (χ1) is 13.5. The lowest BCUT2D eigenvalue weighted by Gasteiger charge is -2.22. The van der Waals surface area contributed by atoms with Crippen LogP contribution in [0.3, 0.4) is 0 Å². The van der Waals surface area contributed by atoms with E-state index >= 15 is 0 Å². The second kappa shape index (κ2) is 11.4. The van der Waals surface area contributed by atoms with E-state index in [4.69, 9.17) is 14.6 Å². The SMILES string of the molecule is O=C(O)CCC=C=CCC1C(=O)CC(O)C1OCC(O)COc1ccccc1. The van der Waals surface area contributed by atoms with Crippen LogP contribution in [0.5, 0.6) is 5.75 Å². The summed E-state index contributed by atoms with van der Waals surface area (Å²) in [5, 5.41) is 28.7. The van der Waals surface area contributed by atoms with Crippen molar-refractivity contribution in [3.05, 3.63) is 48.2 Å². The lowest BCUT2D eigenvalue weighted by molar-refractivity contribution is -0.136. The first-order valence-electron chi connectivity index (χ1n) is 9.27. The quantitative estimate of drug-likeness (QED) is 0.493. The highest BCUT2D eigenvalue weighted by atomic mass is 16.5. The summed E-state index contributed by atoms with van der Waals surface area (Å²) in [4.78, 5) is 22.5. The van der Waals surface area contributed by atoms with E-state index in [2.05, 4.69) is 5.73 Å². The number of hydrogen-bond acceptors (Lipinski definition) is 6. The zero-order chi connectivity index (χ0) is 20.4. The van der Waals surface area contributed by atoms with E-state index < -0.39 is 30.2 Å². The Morgan fingerprint density at radius 1 is 1.25 bits per heavy atom. The number of ketones is 1. The number of benzene rings is 1. The van der Waals surface area contributed by atoms with Crippen molar-refractivity contribution in [3.8, 4) is 5.75 Å². The second-order valence-electron chi connectivity index (χ2n) is 6.66. The molecule has 3 N–H and O–H groups in total. The van der Waals surface area contributed by atoms with Crippen molar-refractivity contribution in [2.75, 3.05) is 13.2 Å². The monoisotopic (exact) mass is 390 g/mol. The lowest BCUT2D eigenvalue weighted by atomic mass is 10.00. The van der Waals surface area contributed by atoms with Crippen LogP contribution in [-0.4, -0.2) is 58.6 Å². The van der Waals surface area contributed by atoms with Crippen LogP contribution in [0.1, 0.15) is 25.7 Å². The number of carboxylic acids is 1. The molecule has 0 spiro atoms. The highest BCUT2D eigenvalue weighted by molar-refractivity contribution is 5.85. The van der Waals surface area contributed by atoms with E-state index in [9.17, 15) is 19.8 Å². The Balaban J connectivity index is 1.79. The summed E-state index contributed by atoms with van der Waals surface area (Å²) in [6, 6.07) is 9.07. The van der Waals surface area contributed by atoms with Crippen molar-refractivity contribution in [3.63, 3.8) is 0 Å². The molecule has 0 aliphatic heterocycles. The smallest absolute Gasteiger partial charge is 0.303 e. The number of aliphatic hydroxyl groups is 2. The molecule has 0 saturated heterocycles. The van der Waals surface area contributed by atoms with Crippen molar-refractivity contribution >= 4 is 11.8 Å². The number of aliphatic carboxylic acids is 1. The van der Waals surface area contributed by atoms with Gasteiger partial charge in [0.15, 0.2) is 0 Å². The second-order valence-corrected chi connectivity index (χ2v) is 6.66. The molecule has 1 aliphatic rings. The number of carboxylic acid groups (broad SMARTS) is 1. The maximum absolute atomic E-state index is 12.1. The van der Waals surface area contributed by atoms with Crippen LogP contribution in [0, 0.1) is 5.92 Å². The maximum atomic E-state index is 12.1. The minimum absolute atomic E-state index is 0.0164. The van der Waals surface area contributed by atoms with Crippen LogP contribution in [0.25, 0.3) is 0 Å². The Bertz CT molecular complexity index is 694. The van der Waals surface area contributed by atoms with E-state index in [1.165, 1.54) is 0 Å². The first kappa shape index (κ1) is 21.9. The van der Waals surface area contributed by atoms with Gasteiger partial charge in [0.05, 0.1) is 24.7 Å². The van der Waals surface area contributed by atoms with Crippen molar-refractivity contribution in [1.29, 1.82) is 0 Å². The fourth-order valence-electron chi connectivity index (χ4n) is 2.95. The van der Waals surface area contributed by atoms with E-state index in [0.29, 0.717) is 18.6 Å². The topological polar surface area (TPSA) is 113 Å². The maximum Gasteiger partial charge on any atom is 0.303 e. The van der Waals surface area contributed by atoms with Gasteiger partial charge in [-0.15, -0.1) is 5.73 Å². The third kappa shape index (κ3) is 7.29. The molecule has 152 valence electrons. The van der Waals surface area contributed by atoms with Gasteiger partial charge >= 0.3 is 5.97 Å². The molecule has 1 saturated carbocycles. The summed E-state index contributed by atoms with van der Waals surface area (Å²) >= 11 is 0. The van der Waals surface area contributed by atoms with E-state index in [0.717, 1.165) is 0 Å². The standard InChI is InChI=1S/C21H26O7/c22-15(13-27-16-8-4-3-5-9-16)14-28-21-17(18(23)12-19(21)24)10-6-1-2-7-11-20(25)26/h2-6,8-9,15,17,19,21-22,24H,7,10-14H2,(H,25,26). The molecule has 0 bridgehead atoms. The fourth-order valence-corrected chi connectivity index (χ4v) is 2.95. The van der Waals surface area contributed by atoms with Gasteiger partial charge in [-0.2, -0.15) is 0 Å². The van der Waals surface area contributed by atoms with Gasteiger partial charge in [-0.05, 0) is 37.1 Å². The summed E-state index contributed by atoms with van der Waals surface area (Å²) < 4.78 is 11.1. The summed E-state index contributed by atoms with van der Waals surface area (Å²) in [6.07, 6.45) is 1.48. The Kier molecular flexibility index (Phi) is 8.91. The molecule has 2 rings (SSSR count). The predicted octanol–water partition coefficient (Wildman–Crippen LogP) is 1.73. The van der Waals surface area contributed by atoms with Gasteiger partial charge in [0.1, 0.15) is 24.2 Å². The average Bonchev–Trinajstić information content (AvgIpc) is 2.94. The molecule has 1 aromatic rings. The first-order valence-corrected chi connectivity index (χ1v) is 9.27. The predicted molar refractivity (Wildman–Crippen MR) is 101 cm³/mol. The Morgan fingerprint density at radius 2 is 2.00 bits per heavy atom. The number of aliphatic hydroxyl groups excluding tert-OH is 2. The molecule has 1 aliphatic carbocycles. The Morgan fingerprint density at radius 3 is 2.71 bits per heavy atom. The number of allylic oxidation sites excluding steroid dienone is 1. The van der Waals surface area contributed by atoms with Crippen LogP contribution < -0.4 is 4.74 Å². The van der Waals surface area contributed by atoms with E-state index in [1.54, 1.807) is 24.3 Å². The molecular formula is C21H26O7. The van der Waals surface area contributed by atoms with Crippen molar-refractivity contribution in [2.45, 2.75) is 44.0 Å². The molecule has 0 aromatic heterocycles. The van der Waals surface area contributed by atoms with Crippen LogP contribution in [0.2, 0.25) is 0 Å². The van der Waals surface area contributed by atoms with Crippen LogP contribution in [0.15, 0.2) is 48.2 Å². The van der Waals surface area contributed by atoms with Gasteiger partial charge < -0.3 is 24.8 Å². The minimum Gasteiger partial charge on any atom is -0.491 e. The van der Waals surface area contributed by atoms with Crippen LogP contribution >= 0.6 is 0 Å². The number of Topliss-reactive ketones (excluding diaryl/α,β-unsaturated/α-hetero) is 1. The lowest BCUT2D eigenvalue weighted by Crippen LogP contribution is -2.34. The number of rotatable bonds is 11. The fraction of sp³-hybridized carbons (Fsp3) is 0.476. The van der Waals surface area contributed by atoms with Gasteiger partial charge in [0, 0.05) is 12.8 Å². The highest BCUT2D eigenvalue weighted by Gasteiger charge is 2.41. The molecule has 7 heteroatoms. The molecule has 0 radical (unpaired) electrons. The van der Waals surface area contributed by atoms with Crippen molar-refractivity contribution < 1.29 is 34.4 Å². The van der Waals surface area contributed by atoms with Gasteiger partial charge in [0.2, 0.25) is 0 Å². The molecule has 0 amide bonds. The summed E-state index contributed by atoms with van der Waals surface area (Å²) in [5.74, 6) is -0.862. The molecule has 4 atom stereocenters. The van der Waals surface area contributed by atoms with Gasteiger partial charge in [-0.1, -0.05) is 18.2 Å². The molecular weight excluding hydrogens is 364 g/mol. The van der Waals surface area contributed by atoms with Gasteiger partial charge in [0.25, 0.3) is 0 Å². The number of carbonyl (C=O) groups excluding carboxylic acids is 1. The van der Waals surface area contributed by atoms with Gasteiger partial charge in [-0.25, -0.2) is 0 Å². The minimum atomic E-state index is -0.913. The summed E-state index contributed by atoms with van der Waals surface area (Å²) in [7, 11) is 0. The number of ether oxygens (including phenoxy) is 2. The highest BCUT2D eigenvalue weighted by Crippen LogP contribution is 2.29. The largest absolute Gasteiger partial charge is 0.491 e. The van der Waals surface area contributed by atoms with Crippen molar-refractivity contribution in [2.24, 2.45) is 5.92 Å². The zero-order valence-corrected chi connectivity index (χ0v) is 15.6. The molecule has 1 fully saturated rings. The molecule has 0 heterocycles.